The zero-order chi connectivity index (χ0) is 26.3. The number of amides is 1. The summed E-state index contributed by atoms with van der Waals surface area (Å²) in [4.78, 5) is 17.6. The molecule has 2 aromatic rings. The maximum Gasteiger partial charge on any atom is 0.274 e. The van der Waals surface area contributed by atoms with E-state index in [4.69, 9.17) is 16.3 Å². The number of imidazole rings is 1. The first-order chi connectivity index (χ1) is 16.8. The van der Waals surface area contributed by atoms with Gasteiger partial charge in [0.2, 0.25) is 0 Å². The number of rotatable bonds is 6. The van der Waals surface area contributed by atoms with Crippen molar-refractivity contribution in [1.82, 2.24) is 9.55 Å². The zero-order valence-corrected chi connectivity index (χ0v) is 21.8. The second-order valence-electron chi connectivity index (χ2n) is 10.8. The predicted octanol–water partition coefficient (Wildman–Crippen LogP) is 4.28. The van der Waals surface area contributed by atoms with Crippen molar-refractivity contribution in [3.63, 3.8) is 0 Å². The Hall–Kier alpha value is -2.44. The van der Waals surface area contributed by atoms with Gasteiger partial charge in [-0.15, -0.1) is 0 Å². The van der Waals surface area contributed by atoms with Gasteiger partial charge in [-0.05, 0) is 76.5 Å². The monoisotopic (exact) mass is 517 g/mol. The van der Waals surface area contributed by atoms with E-state index in [1.165, 1.54) is 18.2 Å². The highest BCUT2D eigenvalue weighted by Gasteiger charge is 2.49. The fourth-order valence-corrected chi connectivity index (χ4v) is 5.56. The SMILES string of the molecule is C[C@H](C#CC1(O)CC2CC(c3ncn(C)c3C(=O)Nc3ccc(F)c(Cl)c3)CC2C1)OCC(C)(C)O. The van der Waals surface area contributed by atoms with Crippen molar-refractivity contribution >= 4 is 23.2 Å². The number of nitrogens with one attached hydrogen (secondary N) is 1. The topological polar surface area (TPSA) is 96.6 Å². The molecule has 0 aliphatic heterocycles. The number of benzene rings is 1. The van der Waals surface area contributed by atoms with E-state index in [9.17, 15) is 19.4 Å². The molecule has 3 N–H and O–H groups in total. The van der Waals surface area contributed by atoms with E-state index in [0.29, 0.717) is 24.2 Å². The van der Waals surface area contributed by atoms with Gasteiger partial charge in [-0.3, -0.25) is 4.79 Å². The molecule has 36 heavy (non-hydrogen) atoms. The minimum Gasteiger partial charge on any atom is -0.388 e. The van der Waals surface area contributed by atoms with Gasteiger partial charge < -0.3 is 24.8 Å². The van der Waals surface area contributed by atoms with Gasteiger partial charge in [0.25, 0.3) is 5.91 Å². The molecule has 3 atom stereocenters. The number of fused-ring (bicyclic) bond motifs is 1. The molecule has 0 saturated heterocycles. The molecule has 2 aliphatic rings. The van der Waals surface area contributed by atoms with Gasteiger partial charge in [-0.2, -0.15) is 0 Å². The molecule has 1 amide bonds. The van der Waals surface area contributed by atoms with Crippen LogP contribution in [0, 0.1) is 29.5 Å². The van der Waals surface area contributed by atoms with Gasteiger partial charge in [0.05, 0.1) is 29.3 Å². The third kappa shape index (κ3) is 6.09. The number of hydrogen-bond acceptors (Lipinski definition) is 5. The lowest BCUT2D eigenvalue weighted by Gasteiger charge is -2.20. The molecule has 9 heteroatoms. The summed E-state index contributed by atoms with van der Waals surface area (Å²) < 4.78 is 20.7. The number of halogens is 2. The average molecular weight is 518 g/mol. The van der Waals surface area contributed by atoms with Crippen molar-refractivity contribution in [1.29, 1.82) is 0 Å². The van der Waals surface area contributed by atoms with Crippen molar-refractivity contribution in [2.45, 2.75) is 69.7 Å². The Bertz CT molecular complexity index is 1180. The number of carbonyl (C=O) groups excluding carboxylic acids is 1. The summed E-state index contributed by atoms with van der Waals surface area (Å²) in [6, 6.07) is 4.06. The number of ether oxygens (including phenoxy) is 1. The van der Waals surface area contributed by atoms with Crippen LogP contribution in [0.5, 0.6) is 0 Å². The van der Waals surface area contributed by atoms with Gasteiger partial charge in [0, 0.05) is 18.7 Å². The van der Waals surface area contributed by atoms with Gasteiger partial charge in [0.15, 0.2) is 0 Å². The minimum atomic E-state index is -1.06. The Balaban J connectivity index is 1.40. The van der Waals surface area contributed by atoms with Crippen LogP contribution in [-0.2, 0) is 11.8 Å². The van der Waals surface area contributed by atoms with Crippen molar-refractivity contribution in [2.24, 2.45) is 18.9 Å². The van der Waals surface area contributed by atoms with Gasteiger partial charge in [-0.1, -0.05) is 23.4 Å². The lowest BCUT2D eigenvalue weighted by Crippen LogP contribution is -2.29. The summed E-state index contributed by atoms with van der Waals surface area (Å²) in [6.07, 6.45) is 4.02. The van der Waals surface area contributed by atoms with Crippen LogP contribution in [0.25, 0.3) is 0 Å². The van der Waals surface area contributed by atoms with Crippen molar-refractivity contribution in [3.8, 4) is 11.8 Å². The number of anilines is 1. The highest BCUT2D eigenvalue weighted by molar-refractivity contribution is 6.31. The standard InChI is InChI=1S/C27H33ClFN3O4/c1-16(36-14-26(2,3)34)7-8-27(35)12-18-9-17(10-19(18)13-27)23-24(32(4)15-30-23)25(33)31-20-5-6-22(29)21(28)11-20/h5-6,11,15-19,34-35H,9-10,12-14H2,1-4H3,(H,31,33)/t16-,17?,18?,19?,27?/m1/s1. The molecular formula is C27H33ClFN3O4. The highest BCUT2D eigenvalue weighted by atomic mass is 35.5. The maximum atomic E-state index is 13.5. The van der Waals surface area contributed by atoms with Gasteiger partial charge >= 0.3 is 0 Å². The summed E-state index contributed by atoms with van der Waals surface area (Å²) in [5, 5.41) is 23.6. The quantitative estimate of drug-likeness (QED) is 0.497. The Kier molecular flexibility index (Phi) is 7.50. The second-order valence-corrected chi connectivity index (χ2v) is 11.2. The molecule has 1 aromatic carbocycles. The molecule has 194 valence electrons. The maximum absolute atomic E-state index is 13.5. The summed E-state index contributed by atoms with van der Waals surface area (Å²) in [5.74, 6) is 5.82. The lowest BCUT2D eigenvalue weighted by molar-refractivity contribution is -0.0329. The Morgan fingerprint density at radius 1 is 1.39 bits per heavy atom. The normalized spacial score (nSPS) is 26.3. The third-order valence-electron chi connectivity index (χ3n) is 6.98. The molecule has 0 radical (unpaired) electrons. The van der Waals surface area contributed by atoms with Crippen LogP contribution >= 0.6 is 11.6 Å². The Morgan fingerprint density at radius 2 is 2.06 bits per heavy atom. The van der Waals surface area contributed by atoms with E-state index in [0.717, 1.165) is 18.5 Å². The van der Waals surface area contributed by atoms with Crippen LogP contribution in [0.1, 0.15) is 68.6 Å². The molecule has 0 bridgehead atoms. The van der Waals surface area contributed by atoms with E-state index in [-0.39, 0.29) is 41.4 Å². The molecule has 2 aliphatic carbocycles. The fourth-order valence-electron chi connectivity index (χ4n) is 5.38. The first-order valence-electron chi connectivity index (χ1n) is 12.2. The van der Waals surface area contributed by atoms with E-state index in [2.05, 4.69) is 22.1 Å². The van der Waals surface area contributed by atoms with Crippen LogP contribution in [0.3, 0.4) is 0 Å². The molecule has 0 spiro atoms. The molecule has 2 unspecified atom stereocenters. The van der Waals surface area contributed by atoms with Gasteiger partial charge in [-0.25, -0.2) is 9.37 Å². The fraction of sp³-hybridized carbons (Fsp3) is 0.556. The molecule has 4 rings (SSSR count). The lowest BCUT2D eigenvalue weighted by atomic mass is 9.92. The van der Waals surface area contributed by atoms with Crippen LogP contribution in [-0.4, -0.2) is 49.6 Å². The Labute approximate surface area is 216 Å². The van der Waals surface area contributed by atoms with E-state index in [1.54, 1.807) is 38.7 Å². The first kappa shape index (κ1) is 26.6. The smallest absolute Gasteiger partial charge is 0.274 e. The average Bonchev–Trinajstić information content (AvgIpc) is 3.44. The molecule has 1 heterocycles. The largest absolute Gasteiger partial charge is 0.388 e. The number of aliphatic hydroxyl groups is 2. The Morgan fingerprint density at radius 3 is 2.67 bits per heavy atom. The summed E-state index contributed by atoms with van der Waals surface area (Å²) in [5.41, 5.74) is -0.376. The van der Waals surface area contributed by atoms with Crippen LogP contribution in [0.2, 0.25) is 5.02 Å². The predicted molar refractivity (Wildman–Crippen MR) is 135 cm³/mol. The van der Waals surface area contributed by atoms with Crippen molar-refractivity contribution < 1.29 is 24.1 Å². The summed E-state index contributed by atoms with van der Waals surface area (Å²) >= 11 is 5.85. The van der Waals surface area contributed by atoms with E-state index >= 15 is 0 Å². The number of carbonyl (C=O) groups is 1. The molecule has 2 fully saturated rings. The van der Waals surface area contributed by atoms with Gasteiger partial charge in [0.1, 0.15) is 23.2 Å². The van der Waals surface area contributed by atoms with Crippen LogP contribution < -0.4 is 5.32 Å². The number of hydrogen-bond donors (Lipinski definition) is 3. The van der Waals surface area contributed by atoms with E-state index in [1.807, 2.05) is 0 Å². The molecule has 2 saturated carbocycles. The van der Waals surface area contributed by atoms with E-state index < -0.39 is 17.0 Å². The first-order valence-corrected chi connectivity index (χ1v) is 12.6. The number of aromatic nitrogens is 2. The molecule has 7 nitrogen and oxygen atoms in total. The second kappa shape index (κ2) is 10.1. The molecular weight excluding hydrogens is 485 g/mol. The van der Waals surface area contributed by atoms with Crippen LogP contribution in [0.4, 0.5) is 10.1 Å². The van der Waals surface area contributed by atoms with Crippen molar-refractivity contribution in [3.05, 3.63) is 46.8 Å². The summed E-state index contributed by atoms with van der Waals surface area (Å²) in [6.45, 7) is 5.32. The summed E-state index contributed by atoms with van der Waals surface area (Å²) in [7, 11) is 1.77. The molecule has 1 aromatic heterocycles. The minimum absolute atomic E-state index is 0.0598. The van der Waals surface area contributed by atoms with Crippen LogP contribution in [0.15, 0.2) is 24.5 Å². The highest BCUT2D eigenvalue weighted by Crippen LogP contribution is 2.53. The third-order valence-corrected chi connectivity index (χ3v) is 7.27. The number of aryl methyl sites for hydroxylation is 1. The number of nitrogens with zero attached hydrogens (tertiary/aromatic N) is 2. The van der Waals surface area contributed by atoms with Crippen molar-refractivity contribution in [2.75, 3.05) is 11.9 Å². The zero-order valence-electron chi connectivity index (χ0n) is 21.0.